The summed E-state index contributed by atoms with van der Waals surface area (Å²) >= 11 is 12.1. The van der Waals surface area contributed by atoms with Crippen molar-refractivity contribution >= 4 is 71.9 Å². The number of hydrogen-bond donors (Lipinski definition) is 1. The molecule has 0 aliphatic rings. The second-order valence-corrected chi connectivity index (χ2v) is 9.07. The maximum absolute atomic E-state index is 5.45. The van der Waals surface area contributed by atoms with Gasteiger partial charge in [0.1, 0.15) is 16.5 Å². The highest BCUT2D eigenvalue weighted by atomic mass is 79.9. The SMILES string of the molecule is CCOC(=S)c1cc2c(NC(C)c3ccc(Br)s3)nc(C)nc2s1. The topological polar surface area (TPSA) is 47.0 Å². The number of nitrogens with one attached hydrogen (secondary N) is 1. The van der Waals surface area contributed by atoms with Crippen LogP contribution in [-0.4, -0.2) is 21.6 Å². The lowest BCUT2D eigenvalue weighted by atomic mass is 10.2. The van der Waals surface area contributed by atoms with Crippen molar-refractivity contribution in [3.63, 3.8) is 0 Å². The van der Waals surface area contributed by atoms with Gasteiger partial charge in [-0.2, -0.15) is 0 Å². The van der Waals surface area contributed by atoms with Crippen molar-refractivity contribution in [2.24, 2.45) is 0 Å². The summed E-state index contributed by atoms with van der Waals surface area (Å²) in [5.41, 5.74) is 0. The van der Waals surface area contributed by atoms with Crippen molar-refractivity contribution in [2.45, 2.75) is 26.8 Å². The van der Waals surface area contributed by atoms with E-state index in [1.807, 2.05) is 19.9 Å². The molecule has 0 saturated heterocycles. The second kappa shape index (κ2) is 7.43. The molecule has 0 aromatic carbocycles. The minimum Gasteiger partial charge on any atom is -0.483 e. The second-order valence-electron chi connectivity index (χ2n) is 5.18. The van der Waals surface area contributed by atoms with Crippen LogP contribution in [0.3, 0.4) is 0 Å². The first-order chi connectivity index (χ1) is 11.5. The molecule has 3 aromatic heterocycles. The molecule has 1 N–H and O–H groups in total. The molecule has 0 saturated carbocycles. The number of fused-ring (bicyclic) bond motifs is 1. The van der Waals surface area contributed by atoms with Crippen LogP contribution in [0.5, 0.6) is 0 Å². The van der Waals surface area contributed by atoms with Gasteiger partial charge in [0.25, 0.3) is 0 Å². The van der Waals surface area contributed by atoms with Crippen molar-refractivity contribution < 1.29 is 4.74 Å². The van der Waals surface area contributed by atoms with Crippen LogP contribution >= 0.6 is 50.8 Å². The first kappa shape index (κ1) is 17.7. The molecule has 3 heterocycles. The van der Waals surface area contributed by atoms with Crippen LogP contribution in [0.15, 0.2) is 22.0 Å². The third-order valence-electron chi connectivity index (χ3n) is 3.36. The molecule has 0 fully saturated rings. The molecule has 0 aliphatic heterocycles. The molecular weight excluding hydrogens is 426 g/mol. The van der Waals surface area contributed by atoms with Gasteiger partial charge in [-0.25, -0.2) is 9.97 Å². The van der Waals surface area contributed by atoms with E-state index in [4.69, 9.17) is 17.0 Å². The number of nitrogens with zero attached hydrogens (tertiary/aromatic N) is 2. The van der Waals surface area contributed by atoms with E-state index in [2.05, 4.69) is 50.3 Å². The normalized spacial score (nSPS) is 12.3. The Morgan fingerprint density at radius 3 is 2.83 bits per heavy atom. The minimum atomic E-state index is 0.154. The average Bonchev–Trinajstić information content (AvgIpc) is 3.13. The molecule has 0 amide bonds. The van der Waals surface area contributed by atoms with Crippen molar-refractivity contribution in [2.75, 3.05) is 11.9 Å². The van der Waals surface area contributed by atoms with E-state index in [9.17, 15) is 0 Å². The van der Waals surface area contributed by atoms with Crippen LogP contribution in [0.4, 0.5) is 5.82 Å². The largest absolute Gasteiger partial charge is 0.483 e. The van der Waals surface area contributed by atoms with Gasteiger partial charge in [0, 0.05) is 4.88 Å². The molecular formula is C16H16BrN3OS3. The first-order valence-corrected chi connectivity index (χ1v) is 10.3. The third kappa shape index (κ3) is 3.77. The van der Waals surface area contributed by atoms with E-state index in [0.717, 1.165) is 30.5 Å². The molecule has 3 aromatic rings. The van der Waals surface area contributed by atoms with E-state index in [1.54, 1.807) is 11.3 Å². The van der Waals surface area contributed by atoms with Gasteiger partial charge in [-0.1, -0.05) is 0 Å². The van der Waals surface area contributed by atoms with Crippen LogP contribution in [0, 0.1) is 6.92 Å². The van der Waals surface area contributed by atoms with Crippen LogP contribution in [-0.2, 0) is 4.74 Å². The van der Waals surface area contributed by atoms with Crippen molar-refractivity contribution in [3.05, 3.63) is 37.6 Å². The highest BCUT2D eigenvalue weighted by Gasteiger charge is 2.16. The number of thiophene rings is 2. The van der Waals surface area contributed by atoms with Gasteiger partial charge in [0.15, 0.2) is 0 Å². The average molecular weight is 442 g/mol. The Balaban J connectivity index is 1.96. The van der Waals surface area contributed by atoms with Crippen molar-refractivity contribution in [3.8, 4) is 0 Å². The van der Waals surface area contributed by atoms with Gasteiger partial charge in [0.05, 0.1) is 26.7 Å². The lowest BCUT2D eigenvalue weighted by molar-refractivity contribution is 0.338. The van der Waals surface area contributed by atoms with E-state index in [1.165, 1.54) is 16.2 Å². The van der Waals surface area contributed by atoms with E-state index in [-0.39, 0.29) is 6.04 Å². The summed E-state index contributed by atoms with van der Waals surface area (Å²) in [6.45, 7) is 6.52. The van der Waals surface area contributed by atoms with Gasteiger partial charge in [-0.3, -0.25) is 0 Å². The Hall–Kier alpha value is -1.09. The fourth-order valence-corrected chi connectivity index (χ4v) is 4.98. The number of rotatable bonds is 5. The molecule has 0 bridgehead atoms. The van der Waals surface area contributed by atoms with Gasteiger partial charge in [-0.05, 0) is 67.1 Å². The monoisotopic (exact) mass is 441 g/mol. The molecule has 1 atom stereocenters. The van der Waals surface area contributed by atoms with E-state index >= 15 is 0 Å². The number of hydrogen-bond acceptors (Lipinski definition) is 7. The number of thiocarbonyl (C=S) groups is 1. The van der Waals surface area contributed by atoms with Crippen LogP contribution in [0.2, 0.25) is 0 Å². The zero-order valence-corrected chi connectivity index (χ0v) is 17.5. The molecule has 3 rings (SSSR count). The minimum absolute atomic E-state index is 0.154. The number of aromatic nitrogens is 2. The molecule has 24 heavy (non-hydrogen) atoms. The molecule has 8 heteroatoms. The Labute approximate surface area is 162 Å². The Kier molecular flexibility index (Phi) is 5.49. The summed E-state index contributed by atoms with van der Waals surface area (Å²) in [4.78, 5) is 12.2. The molecule has 126 valence electrons. The highest BCUT2D eigenvalue weighted by Crippen LogP contribution is 2.33. The van der Waals surface area contributed by atoms with Crippen LogP contribution in [0.25, 0.3) is 10.2 Å². The highest BCUT2D eigenvalue weighted by molar-refractivity contribution is 9.11. The molecule has 0 spiro atoms. The quantitative estimate of drug-likeness (QED) is 0.513. The summed E-state index contributed by atoms with van der Waals surface area (Å²) in [5.74, 6) is 1.57. The zero-order valence-electron chi connectivity index (χ0n) is 13.4. The smallest absolute Gasteiger partial charge is 0.201 e. The van der Waals surface area contributed by atoms with Crippen molar-refractivity contribution in [1.82, 2.24) is 9.97 Å². The summed E-state index contributed by atoms with van der Waals surface area (Å²) < 4.78 is 6.57. The van der Waals surface area contributed by atoms with Gasteiger partial charge >= 0.3 is 0 Å². The summed E-state index contributed by atoms with van der Waals surface area (Å²) in [6.07, 6.45) is 0. The Morgan fingerprint density at radius 1 is 1.38 bits per heavy atom. The number of aryl methyl sites for hydroxylation is 1. The molecule has 0 radical (unpaired) electrons. The van der Waals surface area contributed by atoms with Crippen LogP contribution in [0.1, 0.15) is 35.5 Å². The van der Waals surface area contributed by atoms with E-state index in [0.29, 0.717) is 11.7 Å². The molecule has 0 aliphatic carbocycles. The van der Waals surface area contributed by atoms with Gasteiger partial charge in [-0.15, -0.1) is 22.7 Å². The fraction of sp³-hybridized carbons (Fsp3) is 0.312. The number of halogens is 1. The first-order valence-electron chi connectivity index (χ1n) is 7.45. The van der Waals surface area contributed by atoms with Gasteiger partial charge in [0.2, 0.25) is 5.05 Å². The summed E-state index contributed by atoms with van der Waals surface area (Å²) in [6, 6.07) is 6.33. The fourth-order valence-electron chi connectivity index (χ4n) is 2.28. The standard InChI is InChI=1S/C16H16BrN3OS3/c1-4-21-16(22)12-7-10-14(19-9(3)20-15(10)24-12)18-8(2)11-5-6-13(17)23-11/h5-8H,4H2,1-3H3,(H,18,19,20). The lowest BCUT2D eigenvalue weighted by Crippen LogP contribution is -2.07. The summed E-state index contributed by atoms with van der Waals surface area (Å²) in [5, 5.41) is 4.99. The molecule has 4 nitrogen and oxygen atoms in total. The van der Waals surface area contributed by atoms with Crippen molar-refractivity contribution in [1.29, 1.82) is 0 Å². The Morgan fingerprint density at radius 2 is 2.17 bits per heavy atom. The maximum atomic E-state index is 5.45. The van der Waals surface area contributed by atoms with Gasteiger partial charge < -0.3 is 10.1 Å². The van der Waals surface area contributed by atoms with E-state index < -0.39 is 0 Å². The predicted molar refractivity (Wildman–Crippen MR) is 110 cm³/mol. The summed E-state index contributed by atoms with van der Waals surface area (Å²) in [7, 11) is 0. The van der Waals surface area contributed by atoms with Crippen LogP contribution < -0.4 is 5.32 Å². The Bertz CT molecular complexity index is 890. The zero-order chi connectivity index (χ0) is 17.3. The number of anilines is 1. The lowest BCUT2D eigenvalue weighted by Gasteiger charge is -2.14. The predicted octanol–water partition coefficient (Wildman–Crippen LogP) is 5.71. The maximum Gasteiger partial charge on any atom is 0.201 e. The third-order valence-corrected chi connectivity index (χ3v) is 6.66. The number of ether oxygens (including phenoxy) is 1. The molecule has 1 unspecified atom stereocenters.